The fraction of sp³-hybridized carbons (Fsp3) is 0.130. The summed E-state index contributed by atoms with van der Waals surface area (Å²) in [6.07, 6.45) is 0.461. The molecular weight excluding hydrogens is 422 g/mol. The molecule has 0 fully saturated rings. The van der Waals surface area contributed by atoms with Crippen molar-refractivity contribution < 1.29 is 10.0 Å². The summed E-state index contributed by atoms with van der Waals surface area (Å²) < 4.78 is 1.98. The van der Waals surface area contributed by atoms with E-state index >= 15 is 0 Å². The second-order valence-corrected chi connectivity index (χ2v) is 7.12. The number of azo groups is 1. The zero-order valence-electron chi connectivity index (χ0n) is 17.8. The van der Waals surface area contributed by atoms with E-state index in [9.17, 15) is 15.2 Å². The third-order valence-corrected chi connectivity index (χ3v) is 4.89. The number of amidine groups is 1. The lowest BCUT2D eigenvalue weighted by atomic mass is 10.2. The summed E-state index contributed by atoms with van der Waals surface area (Å²) in [7, 11) is 0. The average Bonchev–Trinajstić information content (AvgIpc) is 3.17. The molecule has 0 unspecified atom stereocenters. The van der Waals surface area contributed by atoms with Crippen LogP contribution in [0.5, 0.6) is 5.75 Å². The monoisotopic (exact) mass is 443 g/mol. The van der Waals surface area contributed by atoms with Crippen LogP contribution in [0, 0.1) is 10.1 Å². The van der Waals surface area contributed by atoms with E-state index < -0.39 is 4.92 Å². The Hall–Kier alpha value is -4.60. The van der Waals surface area contributed by atoms with Gasteiger partial charge in [-0.3, -0.25) is 15.5 Å². The number of nitrogens with zero attached hydrogens (tertiary/aromatic N) is 6. The van der Waals surface area contributed by atoms with Crippen LogP contribution in [0.25, 0.3) is 11.0 Å². The zero-order valence-corrected chi connectivity index (χ0v) is 17.8. The van der Waals surface area contributed by atoms with Gasteiger partial charge in [0.2, 0.25) is 0 Å². The summed E-state index contributed by atoms with van der Waals surface area (Å²) in [4.78, 5) is 14.8. The summed E-state index contributed by atoms with van der Waals surface area (Å²) in [5.74, 6) is 0.524. The highest BCUT2D eigenvalue weighted by Gasteiger charge is 2.12. The topological polar surface area (TPSA) is 130 Å². The molecule has 166 valence electrons. The van der Waals surface area contributed by atoms with Crippen molar-refractivity contribution in [2.45, 2.75) is 19.9 Å². The lowest BCUT2D eigenvalue weighted by Crippen LogP contribution is -2.00. The molecule has 0 saturated carbocycles. The molecule has 3 aromatic carbocycles. The van der Waals surface area contributed by atoms with Crippen molar-refractivity contribution in [2.75, 3.05) is 5.43 Å². The van der Waals surface area contributed by atoms with Crippen molar-refractivity contribution in [2.24, 2.45) is 15.3 Å². The fourth-order valence-corrected chi connectivity index (χ4v) is 3.19. The van der Waals surface area contributed by atoms with Crippen molar-refractivity contribution in [3.8, 4) is 5.75 Å². The van der Waals surface area contributed by atoms with Gasteiger partial charge in [-0.05, 0) is 23.8 Å². The number of imidazole rings is 1. The van der Waals surface area contributed by atoms with Crippen LogP contribution < -0.4 is 5.43 Å². The quantitative estimate of drug-likeness (QED) is 0.0956. The number of phenolic OH excluding ortho intramolecular Hbond substituents is 1. The Bertz CT molecular complexity index is 1350. The number of nitrogens with one attached hydrogen (secondary N) is 1. The Kier molecular flexibility index (Phi) is 6.35. The smallest absolute Gasteiger partial charge is 0.273 e. The first kappa shape index (κ1) is 21.6. The van der Waals surface area contributed by atoms with E-state index in [2.05, 4.69) is 25.7 Å². The first-order valence-electron chi connectivity index (χ1n) is 10.3. The number of rotatable bonds is 7. The van der Waals surface area contributed by atoms with Crippen LogP contribution in [-0.4, -0.2) is 25.4 Å². The first-order valence-corrected chi connectivity index (χ1v) is 10.3. The molecular formula is C23H21N7O3. The second-order valence-electron chi connectivity index (χ2n) is 7.12. The normalized spacial score (nSPS) is 11.8. The molecule has 0 aliphatic heterocycles. The highest BCUT2D eigenvalue weighted by molar-refractivity contribution is 5.83. The highest BCUT2D eigenvalue weighted by atomic mass is 16.6. The summed E-state index contributed by atoms with van der Waals surface area (Å²) in [5, 5.41) is 33.5. The number of aromatic hydroxyl groups is 1. The standard InChI is InChI=1S/C23H21N7O3/c1-2-22(26-25-19-13-12-17(30(32)33)14-21(19)31)27-28-23-24-18-10-6-7-11-20(18)29(23)15-16-8-4-3-5-9-16/h3-14,25,31H,2,15H2,1H3/b26-22+,28-27?. The molecule has 1 heterocycles. The Morgan fingerprint density at radius 2 is 1.88 bits per heavy atom. The minimum Gasteiger partial charge on any atom is -0.505 e. The fourth-order valence-electron chi connectivity index (χ4n) is 3.19. The van der Waals surface area contributed by atoms with E-state index in [1.54, 1.807) is 0 Å². The number of nitro benzene ring substituents is 1. The number of non-ortho nitro benzene ring substituents is 1. The highest BCUT2D eigenvalue weighted by Crippen LogP contribution is 2.28. The minimum atomic E-state index is -0.583. The van der Waals surface area contributed by atoms with E-state index in [0.717, 1.165) is 22.7 Å². The molecule has 1 aromatic heterocycles. The zero-order chi connectivity index (χ0) is 23.2. The van der Waals surface area contributed by atoms with Gasteiger partial charge in [-0.15, -0.1) is 10.2 Å². The number of aromatic nitrogens is 2. The summed E-state index contributed by atoms with van der Waals surface area (Å²) in [6, 6.07) is 21.5. The molecule has 33 heavy (non-hydrogen) atoms. The first-order chi connectivity index (χ1) is 16.0. The Morgan fingerprint density at radius 3 is 2.61 bits per heavy atom. The van der Waals surface area contributed by atoms with E-state index in [-0.39, 0.29) is 17.1 Å². The summed E-state index contributed by atoms with van der Waals surface area (Å²) in [6.45, 7) is 2.45. The van der Waals surface area contributed by atoms with E-state index in [1.165, 1.54) is 12.1 Å². The van der Waals surface area contributed by atoms with Gasteiger partial charge in [0, 0.05) is 12.5 Å². The number of phenols is 1. The van der Waals surface area contributed by atoms with Crippen molar-refractivity contribution in [3.05, 3.63) is 88.5 Å². The third kappa shape index (κ3) is 5.01. The summed E-state index contributed by atoms with van der Waals surface area (Å²) in [5.41, 5.74) is 5.55. The average molecular weight is 443 g/mol. The number of hydrogen-bond donors (Lipinski definition) is 2. The number of anilines is 1. The number of hydrogen-bond acceptors (Lipinski definition) is 7. The maximum absolute atomic E-state index is 10.8. The van der Waals surface area contributed by atoms with Gasteiger partial charge in [0.25, 0.3) is 11.6 Å². The molecule has 4 rings (SSSR count). The van der Waals surface area contributed by atoms with E-state index in [1.807, 2.05) is 66.1 Å². The van der Waals surface area contributed by atoms with Crippen molar-refractivity contribution in [1.29, 1.82) is 0 Å². The lowest BCUT2D eigenvalue weighted by Gasteiger charge is -2.06. The molecule has 0 aliphatic rings. The maximum Gasteiger partial charge on any atom is 0.273 e. The Labute approximate surface area is 189 Å². The van der Waals surface area contributed by atoms with Crippen molar-refractivity contribution >= 4 is 34.2 Å². The number of nitro groups is 1. The van der Waals surface area contributed by atoms with Crippen LogP contribution in [0.3, 0.4) is 0 Å². The second kappa shape index (κ2) is 9.69. The molecule has 0 atom stereocenters. The number of hydrazone groups is 1. The van der Waals surface area contributed by atoms with Crippen LogP contribution in [0.15, 0.2) is 88.1 Å². The van der Waals surface area contributed by atoms with Crippen LogP contribution in [0.2, 0.25) is 0 Å². The lowest BCUT2D eigenvalue weighted by molar-refractivity contribution is -0.384. The predicted molar refractivity (Wildman–Crippen MR) is 126 cm³/mol. The molecule has 0 aliphatic carbocycles. The van der Waals surface area contributed by atoms with Gasteiger partial charge in [-0.25, -0.2) is 4.98 Å². The Balaban J connectivity index is 1.60. The SMILES string of the molecule is CC/C(N=Nc1nc2ccccc2n1Cc1ccccc1)=N\Nc1ccc([N+](=O)[O-])cc1O. The molecule has 2 N–H and O–H groups in total. The van der Waals surface area contributed by atoms with Crippen LogP contribution >= 0.6 is 0 Å². The van der Waals surface area contributed by atoms with Gasteiger partial charge >= 0.3 is 0 Å². The predicted octanol–water partition coefficient (Wildman–Crippen LogP) is 5.62. The minimum absolute atomic E-state index is 0.213. The van der Waals surface area contributed by atoms with E-state index in [4.69, 9.17) is 0 Å². The third-order valence-electron chi connectivity index (χ3n) is 4.89. The van der Waals surface area contributed by atoms with Gasteiger partial charge in [-0.1, -0.05) is 49.4 Å². The van der Waals surface area contributed by atoms with Crippen LogP contribution in [0.4, 0.5) is 17.3 Å². The summed E-state index contributed by atoms with van der Waals surface area (Å²) >= 11 is 0. The largest absolute Gasteiger partial charge is 0.505 e. The van der Waals surface area contributed by atoms with Gasteiger partial charge in [0.1, 0.15) is 5.75 Å². The molecule has 0 spiro atoms. The molecule has 10 nitrogen and oxygen atoms in total. The molecule has 0 bridgehead atoms. The number of fused-ring (bicyclic) bond motifs is 1. The molecule has 4 aromatic rings. The van der Waals surface area contributed by atoms with Crippen molar-refractivity contribution in [1.82, 2.24) is 9.55 Å². The molecule has 10 heteroatoms. The molecule has 0 radical (unpaired) electrons. The van der Waals surface area contributed by atoms with Crippen LogP contribution in [0.1, 0.15) is 18.9 Å². The van der Waals surface area contributed by atoms with Crippen LogP contribution in [-0.2, 0) is 6.54 Å². The van der Waals surface area contributed by atoms with Gasteiger partial charge in [0.15, 0.2) is 5.84 Å². The molecule has 0 saturated heterocycles. The van der Waals surface area contributed by atoms with E-state index in [0.29, 0.717) is 24.7 Å². The van der Waals surface area contributed by atoms with Crippen molar-refractivity contribution in [3.63, 3.8) is 0 Å². The molecule has 0 amide bonds. The van der Waals surface area contributed by atoms with Gasteiger partial charge < -0.3 is 9.67 Å². The van der Waals surface area contributed by atoms with Gasteiger partial charge in [0.05, 0.1) is 34.3 Å². The van der Waals surface area contributed by atoms with Gasteiger partial charge in [-0.2, -0.15) is 5.10 Å². The Morgan fingerprint density at radius 1 is 1.12 bits per heavy atom. The maximum atomic E-state index is 10.8. The number of benzene rings is 3. The number of para-hydroxylation sites is 2.